The Bertz CT molecular complexity index is 716. The molecule has 2 N–H and O–H groups in total. The van der Waals surface area contributed by atoms with Crippen LogP contribution in [0.25, 0.3) is 10.9 Å². The van der Waals surface area contributed by atoms with Gasteiger partial charge in [-0.15, -0.1) is 0 Å². The van der Waals surface area contributed by atoms with E-state index in [-0.39, 0.29) is 5.56 Å². The molecule has 112 valence electrons. The summed E-state index contributed by atoms with van der Waals surface area (Å²) >= 11 is 0. The van der Waals surface area contributed by atoms with Crippen LogP contribution in [0.1, 0.15) is 33.5 Å². The molecule has 4 nitrogen and oxygen atoms in total. The molecule has 0 atom stereocenters. The second-order valence-corrected chi connectivity index (χ2v) is 7.16. The minimum Gasteiger partial charge on any atom is -0.310 e. The highest BCUT2D eigenvalue weighted by Crippen LogP contribution is 2.67. The summed E-state index contributed by atoms with van der Waals surface area (Å²) in [6.07, 6.45) is 0. The third-order valence-electron chi connectivity index (χ3n) is 5.62. The number of fused-ring (bicyclic) bond motifs is 1. The lowest BCUT2D eigenvalue weighted by atomic mass is 10.0. The third-order valence-corrected chi connectivity index (χ3v) is 5.62. The van der Waals surface area contributed by atoms with Crippen molar-refractivity contribution in [2.24, 2.45) is 16.7 Å². The van der Waals surface area contributed by atoms with Gasteiger partial charge in [-0.2, -0.15) is 0 Å². The van der Waals surface area contributed by atoms with E-state index in [0.29, 0.717) is 34.5 Å². The van der Waals surface area contributed by atoms with Gasteiger partial charge in [-0.1, -0.05) is 39.8 Å². The van der Waals surface area contributed by atoms with Crippen LogP contribution in [0, 0.1) is 16.7 Å². The van der Waals surface area contributed by atoms with Crippen LogP contribution in [0.4, 0.5) is 0 Å². The van der Waals surface area contributed by atoms with Crippen molar-refractivity contribution in [1.82, 2.24) is 15.3 Å². The highest BCUT2D eigenvalue weighted by atomic mass is 16.1. The average Bonchev–Trinajstić information content (AvgIpc) is 2.81. The van der Waals surface area contributed by atoms with Gasteiger partial charge in [0.2, 0.25) is 0 Å². The molecule has 1 aliphatic rings. The van der Waals surface area contributed by atoms with Gasteiger partial charge in [0.15, 0.2) is 0 Å². The van der Waals surface area contributed by atoms with Gasteiger partial charge < -0.3 is 10.3 Å². The highest BCUT2D eigenvalue weighted by molar-refractivity contribution is 5.77. The molecule has 2 aromatic rings. The fourth-order valence-electron chi connectivity index (χ4n) is 3.40. The summed E-state index contributed by atoms with van der Waals surface area (Å²) in [7, 11) is 0. The van der Waals surface area contributed by atoms with Crippen molar-refractivity contribution in [2.45, 2.75) is 34.2 Å². The number of hydrogen-bond acceptors (Lipinski definition) is 3. The average molecular weight is 285 g/mol. The van der Waals surface area contributed by atoms with E-state index in [9.17, 15) is 4.79 Å². The number of H-pyrrole nitrogens is 1. The largest absolute Gasteiger partial charge is 0.310 e. The van der Waals surface area contributed by atoms with Crippen molar-refractivity contribution in [2.75, 3.05) is 6.54 Å². The van der Waals surface area contributed by atoms with Crippen molar-refractivity contribution < 1.29 is 0 Å². The second kappa shape index (κ2) is 4.67. The second-order valence-electron chi connectivity index (χ2n) is 7.16. The molecule has 1 aromatic carbocycles. The van der Waals surface area contributed by atoms with Gasteiger partial charge in [-0.25, -0.2) is 4.98 Å². The Labute approximate surface area is 125 Å². The minimum absolute atomic E-state index is 0.0653. The first kappa shape index (κ1) is 14.3. The summed E-state index contributed by atoms with van der Waals surface area (Å²) in [5.41, 5.74) is 1.45. The summed E-state index contributed by atoms with van der Waals surface area (Å²) in [5, 5.41) is 4.08. The quantitative estimate of drug-likeness (QED) is 0.908. The number of nitrogens with one attached hydrogen (secondary N) is 2. The van der Waals surface area contributed by atoms with Crippen LogP contribution in [0.15, 0.2) is 29.1 Å². The molecule has 0 radical (unpaired) electrons. The molecular formula is C17H23N3O. The van der Waals surface area contributed by atoms with E-state index in [2.05, 4.69) is 43.0 Å². The van der Waals surface area contributed by atoms with E-state index in [0.717, 1.165) is 12.1 Å². The van der Waals surface area contributed by atoms with Gasteiger partial charge in [0.25, 0.3) is 5.56 Å². The third kappa shape index (κ3) is 2.27. The van der Waals surface area contributed by atoms with Crippen LogP contribution < -0.4 is 10.9 Å². The fourth-order valence-corrected chi connectivity index (χ4v) is 3.40. The predicted octanol–water partition coefficient (Wildman–Crippen LogP) is 2.69. The zero-order chi connectivity index (χ0) is 15.3. The van der Waals surface area contributed by atoms with E-state index in [1.807, 2.05) is 18.2 Å². The zero-order valence-corrected chi connectivity index (χ0v) is 13.2. The highest BCUT2D eigenvalue weighted by Gasteiger charge is 2.63. The Balaban J connectivity index is 1.68. The molecule has 0 bridgehead atoms. The number of rotatable bonds is 4. The number of nitrogens with zero attached hydrogens (tertiary/aromatic N) is 1. The molecule has 21 heavy (non-hydrogen) atoms. The van der Waals surface area contributed by atoms with Crippen molar-refractivity contribution in [1.29, 1.82) is 0 Å². The zero-order valence-electron chi connectivity index (χ0n) is 13.2. The molecule has 0 unspecified atom stereocenters. The van der Waals surface area contributed by atoms with E-state index >= 15 is 0 Å². The first-order chi connectivity index (χ1) is 9.84. The Morgan fingerprint density at radius 3 is 2.52 bits per heavy atom. The van der Waals surface area contributed by atoms with Crippen molar-refractivity contribution in [3.8, 4) is 0 Å². The van der Waals surface area contributed by atoms with Gasteiger partial charge in [-0.3, -0.25) is 4.79 Å². The fraction of sp³-hybridized carbons (Fsp3) is 0.529. The van der Waals surface area contributed by atoms with Crippen molar-refractivity contribution in [3.63, 3.8) is 0 Å². The van der Waals surface area contributed by atoms with Gasteiger partial charge in [-0.05, 0) is 35.4 Å². The lowest BCUT2D eigenvalue weighted by Gasteiger charge is -2.06. The molecule has 1 aromatic heterocycles. The topological polar surface area (TPSA) is 57.8 Å². The predicted molar refractivity (Wildman–Crippen MR) is 85.1 cm³/mol. The number of para-hydroxylation sites is 1. The maximum Gasteiger partial charge on any atom is 0.258 e. The maximum absolute atomic E-state index is 12.0. The molecule has 3 rings (SSSR count). The Morgan fingerprint density at radius 2 is 1.86 bits per heavy atom. The Hall–Kier alpha value is -1.68. The first-order valence-corrected chi connectivity index (χ1v) is 7.52. The molecule has 1 aliphatic carbocycles. The molecule has 0 aliphatic heterocycles. The summed E-state index contributed by atoms with van der Waals surface area (Å²) in [6.45, 7) is 10.8. The van der Waals surface area contributed by atoms with E-state index in [4.69, 9.17) is 0 Å². The smallest absolute Gasteiger partial charge is 0.258 e. The van der Waals surface area contributed by atoms with E-state index < -0.39 is 0 Å². The van der Waals surface area contributed by atoms with Gasteiger partial charge in [0, 0.05) is 0 Å². The molecular weight excluding hydrogens is 262 g/mol. The standard InChI is InChI=1S/C17H23N3O/c1-16(2)13(17(16,3)4)9-18-10-14-19-12-8-6-5-7-11(12)15(21)20-14/h5-8,13,18H,9-10H2,1-4H3,(H,19,20,21). The summed E-state index contributed by atoms with van der Waals surface area (Å²) < 4.78 is 0. The first-order valence-electron chi connectivity index (χ1n) is 7.52. The van der Waals surface area contributed by atoms with E-state index in [1.54, 1.807) is 6.07 Å². The number of benzene rings is 1. The van der Waals surface area contributed by atoms with Gasteiger partial charge in [0.05, 0.1) is 17.4 Å². The molecule has 4 heteroatoms. The molecule has 1 saturated carbocycles. The summed E-state index contributed by atoms with van der Waals surface area (Å²) in [5.74, 6) is 1.37. The van der Waals surface area contributed by atoms with Crippen LogP contribution in [0.3, 0.4) is 0 Å². The van der Waals surface area contributed by atoms with Crippen LogP contribution >= 0.6 is 0 Å². The SMILES string of the molecule is CC1(C)C(CNCc2nc3ccccc3c(=O)[nH]2)C1(C)C. The van der Waals surface area contributed by atoms with Crippen molar-refractivity contribution >= 4 is 10.9 Å². The molecule has 0 spiro atoms. The van der Waals surface area contributed by atoms with Gasteiger partial charge in [0.1, 0.15) is 5.82 Å². The normalized spacial score (nSPS) is 19.8. The minimum atomic E-state index is -0.0653. The molecule has 0 amide bonds. The lowest BCUT2D eigenvalue weighted by molar-refractivity contribution is 0.457. The maximum atomic E-state index is 12.0. The van der Waals surface area contributed by atoms with Gasteiger partial charge >= 0.3 is 0 Å². The van der Waals surface area contributed by atoms with Crippen LogP contribution in [-0.2, 0) is 6.54 Å². The number of aromatic nitrogens is 2. The number of aromatic amines is 1. The summed E-state index contributed by atoms with van der Waals surface area (Å²) in [4.78, 5) is 19.4. The van der Waals surface area contributed by atoms with Crippen LogP contribution in [0.5, 0.6) is 0 Å². The Kier molecular flexibility index (Phi) is 3.17. The molecule has 1 heterocycles. The van der Waals surface area contributed by atoms with E-state index in [1.165, 1.54) is 0 Å². The molecule has 0 saturated heterocycles. The molecule has 1 fully saturated rings. The van der Waals surface area contributed by atoms with Crippen LogP contribution in [-0.4, -0.2) is 16.5 Å². The number of hydrogen-bond donors (Lipinski definition) is 2. The summed E-state index contributed by atoms with van der Waals surface area (Å²) in [6, 6.07) is 7.43. The Morgan fingerprint density at radius 1 is 1.19 bits per heavy atom. The van der Waals surface area contributed by atoms with Crippen LogP contribution in [0.2, 0.25) is 0 Å². The monoisotopic (exact) mass is 285 g/mol. The van der Waals surface area contributed by atoms with Crippen molar-refractivity contribution in [3.05, 3.63) is 40.4 Å². The lowest BCUT2D eigenvalue weighted by Crippen LogP contribution is -2.22.